The highest BCUT2D eigenvalue weighted by atomic mass is 19.4. The summed E-state index contributed by atoms with van der Waals surface area (Å²) in [6, 6.07) is 7.33. The van der Waals surface area contributed by atoms with E-state index in [1.54, 1.807) is 0 Å². The number of non-ortho nitro benzene ring substituents is 1. The molecule has 146 valence electrons. The molecule has 2 bridgehead atoms. The van der Waals surface area contributed by atoms with Crippen LogP contribution in [-0.4, -0.2) is 16.7 Å². The minimum atomic E-state index is -4.66. The van der Waals surface area contributed by atoms with E-state index >= 15 is 0 Å². The number of fused-ring (bicyclic) bond motifs is 4. The number of urea groups is 1. The van der Waals surface area contributed by atoms with Crippen LogP contribution >= 0.6 is 0 Å². The van der Waals surface area contributed by atoms with Crippen LogP contribution in [0.4, 0.5) is 29.3 Å². The largest absolute Gasteiger partial charge is 0.467 e. The standard InChI is InChI=1S/C18H14F3N3O4/c1-17-9-13(11-8-10(24(26)27)6-7-15(11)28-17)22-16(25)23(17)14-5-3-2-4-12(14)18(19,20)21/h2-8,13H,9H2,1H3,(H,22,25)/t13-,17-/m0/s1. The highest BCUT2D eigenvalue weighted by molar-refractivity contribution is 5.95. The van der Waals surface area contributed by atoms with E-state index in [9.17, 15) is 28.1 Å². The Morgan fingerprint density at radius 1 is 1.29 bits per heavy atom. The number of nitro groups is 1. The van der Waals surface area contributed by atoms with Crippen LogP contribution in [0.25, 0.3) is 0 Å². The van der Waals surface area contributed by atoms with Gasteiger partial charge in [-0.25, -0.2) is 4.79 Å². The smallest absolute Gasteiger partial charge is 0.418 e. The number of benzene rings is 2. The Bertz CT molecular complexity index is 994. The van der Waals surface area contributed by atoms with Crippen molar-refractivity contribution >= 4 is 17.4 Å². The lowest BCUT2D eigenvalue weighted by Gasteiger charge is -2.50. The van der Waals surface area contributed by atoms with Gasteiger partial charge in [0.2, 0.25) is 0 Å². The maximum absolute atomic E-state index is 13.5. The van der Waals surface area contributed by atoms with Crippen LogP contribution in [0, 0.1) is 10.1 Å². The summed E-state index contributed by atoms with van der Waals surface area (Å²) < 4.78 is 46.3. The predicted molar refractivity (Wildman–Crippen MR) is 91.9 cm³/mol. The maximum atomic E-state index is 13.5. The number of nitro benzene ring substituents is 1. The Hall–Kier alpha value is -3.30. The summed E-state index contributed by atoms with van der Waals surface area (Å²) >= 11 is 0. The van der Waals surface area contributed by atoms with Gasteiger partial charge in [-0.1, -0.05) is 12.1 Å². The summed E-state index contributed by atoms with van der Waals surface area (Å²) in [7, 11) is 0. The molecule has 0 spiro atoms. The average molecular weight is 393 g/mol. The first kappa shape index (κ1) is 18.1. The Balaban J connectivity index is 1.82. The summed E-state index contributed by atoms with van der Waals surface area (Å²) in [5.74, 6) is 0.277. The van der Waals surface area contributed by atoms with Gasteiger partial charge < -0.3 is 10.1 Å². The Labute approximate surface area is 156 Å². The molecule has 4 rings (SSSR count). The summed E-state index contributed by atoms with van der Waals surface area (Å²) in [6.45, 7) is 1.52. The number of hydrogen-bond acceptors (Lipinski definition) is 4. The molecule has 28 heavy (non-hydrogen) atoms. The number of rotatable bonds is 2. The molecule has 0 aromatic heterocycles. The first-order valence-electron chi connectivity index (χ1n) is 8.34. The number of ether oxygens (including phenoxy) is 1. The molecule has 0 unspecified atom stereocenters. The van der Waals surface area contributed by atoms with Crippen molar-refractivity contribution in [2.24, 2.45) is 0 Å². The second-order valence-electron chi connectivity index (χ2n) is 6.81. The molecule has 10 heteroatoms. The number of alkyl halides is 3. The maximum Gasteiger partial charge on any atom is 0.418 e. The molecule has 2 aliphatic rings. The van der Waals surface area contributed by atoms with Crippen molar-refractivity contribution in [2.75, 3.05) is 4.90 Å². The van der Waals surface area contributed by atoms with Crippen molar-refractivity contribution in [1.29, 1.82) is 0 Å². The van der Waals surface area contributed by atoms with Crippen molar-refractivity contribution in [3.63, 3.8) is 0 Å². The van der Waals surface area contributed by atoms with Gasteiger partial charge in [-0.15, -0.1) is 0 Å². The van der Waals surface area contributed by atoms with E-state index in [4.69, 9.17) is 4.74 Å². The fourth-order valence-corrected chi connectivity index (χ4v) is 3.75. The van der Waals surface area contributed by atoms with Crippen molar-refractivity contribution in [3.8, 4) is 5.75 Å². The Morgan fingerprint density at radius 2 is 2.00 bits per heavy atom. The van der Waals surface area contributed by atoms with Gasteiger partial charge in [0.25, 0.3) is 5.69 Å². The fraction of sp³-hybridized carbons (Fsp3) is 0.278. The molecule has 1 N–H and O–H groups in total. The number of para-hydroxylation sites is 1. The highest BCUT2D eigenvalue weighted by Crippen LogP contribution is 2.48. The number of hydrogen-bond donors (Lipinski definition) is 1. The SMILES string of the molecule is C[C@]12C[C@H](NC(=O)N1c1ccccc1C(F)(F)F)c1cc([N+](=O)[O-])ccc1O2. The van der Waals surface area contributed by atoms with E-state index in [0.717, 1.165) is 11.0 Å². The Kier molecular flexibility index (Phi) is 3.78. The molecule has 2 aromatic rings. The van der Waals surface area contributed by atoms with Gasteiger partial charge in [-0.05, 0) is 25.1 Å². The minimum absolute atomic E-state index is 0.124. The molecule has 0 radical (unpaired) electrons. The summed E-state index contributed by atoms with van der Waals surface area (Å²) in [4.78, 5) is 24.2. The van der Waals surface area contributed by atoms with Crippen molar-refractivity contribution < 1.29 is 27.6 Å². The molecule has 2 aliphatic heterocycles. The number of anilines is 1. The predicted octanol–water partition coefficient (Wildman–Crippen LogP) is 4.38. The highest BCUT2D eigenvalue weighted by Gasteiger charge is 2.52. The van der Waals surface area contributed by atoms with Crippen molar-refractivity contribution in [1.82, 2.24) is 5.32 Å². The number of carbonyl (C=O) groups is 1. The topological polar surface area (TPSA) is 84.7 Å². The number of halogens is 3. The molecule has 0 saturated carbocycles. The lowest BCUT2D eigenvalue weighted by molar-refractivity contribution is -0.385. The zero-order valence-electron chi connectivity index (χ0n) is 14.5. The molecule has 2 aromatic carbocycles. The third-order valence-electron chi connectivity index (χ3n) is 4.92. The van der Waals surface area contributed by atoms with Crippen LogP contribution in [0.2, 0.25) is 0 Å². The molecule has 2 amide bonds. The third-order valence-corrected chi connectivity index (χ3v) is 4.92. The molecule has 0 aliphatic carbocycles. The zero-order valence-corrected chi connectivity index (χ0v) is 14.5. The van der Waals surface area contributed by atoms with E-state index in [2.05, 4.69) is 5.32 Å². The van der Waals surface area contributed by atoms with Gasteiger partial charge >= 0.3 is 12.2 Å². The quantitative estimate of drug-likeness (QED) is 0.606. The summed E-state index contributed by atoms with van der Waals surface area (Å²) in [5, 5.41) is 13.7. The van der Waals surface area contributed by atoms with E-state index in [1.807, 2.05) is 0 Å². The molecular weight excluding hydrogens is 379 g/mol. The first-order chi connectivity index (χ1) is 13.1. The monoisotopic (exact) mass is 393 g/mol. The minimum Gasteiger partial charge on any atom is -0.467 e. The third kappa shape index (κ3) is 2.72. The van der Waals surface area contributed by atoms with Crippen molar-refractivity contribution in [2.45, 2.75) is 31.3 Å². The normalized spacial score (nSPS) is 23.5. The van der Waals surface area contributed by atoms with Crippen LogP contribution < -0.4 is 15.0 Å². The van der Waals surface area contributed by atoms with E-state index in [0.29, 0.717) is 5.56 Å². The zero-order chi connectivity index (χ0) is 20.3. The van der Waals surface area contributed by atoms with Gasteiger partial charge in [-0.3, -0.25) is 15.0 Å². The van der Waals surface area contributed by atoms with Gasteiger partial charge in [0, 0.05) is 24.1 Å². The molecular formula is C18H14F3N3O4. The van der Waals surface area contributed by atoms with E-state index < -0.39 is 34.5 Å². The molecule has 7 nitrogen and oxygen atoms in total. The van der Waals surface area contributed by atoms with Gasteiger partial charge in [0.1, 0.15) is 5.75 Å². The second-order valence-corrected chi connectivity index (χ2v) is 6.81. The second kappa shape index (κ2) is 5.85. The lowest BCUT2D eigenvalue weighted by atomic mass is 9.89. The first-order valence-corrected chi connectivity index (χ1v) is 8.34. The molecule has 1 saturated heterocycles. The van der Waals surface area contributed by atoms with Gasteiger partial charge in [0.15, 0.2) is 5.72 Å². The Morgan fingerprint density at radius 3 is 2.68 bits per heavy atom. The molecule has 2 atom stereocenters. The number of amides is 2. The molecule has 2 heterocycles. The number of nitrogens with one attached hydrogen (secondary N) is 1. The van der Waals surface area contributed by atoms with Crippen LogP contribution in [-0.2, 0) is 6.18 Å². The summed E-state index contributed by atoms with van der Waals surface area (Å²) in [6.07, 6.45) is -4.53. The van der Waals surface area contributed by atoms with Crippen LogP contribution in [0.15, 0.2) is 42.5 Å². The summed E-state index contributed by atoms with van der Waals surface area (Å²) in [5.41, 5.74) is -2.41. The van der Waals surface area contributed by atoms with Crippen molar-refractivity contribution in [3.05, 3.63) is 63.7 Å². The van der Waals surface area contributed by atoms with Gasteiger partial charge in [-0.2, -0.15) is 13.2 Å². The van der Waals surface area contributed by atoms with Crippen LogP contribution in [0.3, 0.4) is 0 Å². The average Bonchev–Trinajstić information content (AvgIpc) is 2.60. The molecule has 1 fully saturated rings. The number of nitrogens with zero attached hydrogens (tertiary/aromatic N) is 2. The van der Waals surface area contributed by atoms with Crippen LogP contribution in [0.5, 0.6) is 5.75 Å². The number of carbonyl (C=O) groups excluding carboxylic acids is 1. The van der Waals surface area contributed by atoms with E-state index in [1.165, 1.54) is 43.3 Å². The van der Waals surface area contributed by atoms with Crippen LogP contribution in [0.1, 0.15) is 30.5 Å². The van der Waals surface area contributed by atoms with Gasteiger partial charge in [0.05, 0.1) is 22.2 Å². The van der Waals surface area contributed by atoms with E-state index in [-0.39, 0.29) is 23.5 Å². The lowest BCUT2D eigenvalue weighted by Crippen LogP contribution is -2.65. The fourth-order valence-electron chi connectivity index (χ4n) is 3.75.